The molecule has 1 aromatic rings. The van der Waals surface area contributed by atoms with Gasteiger partial charge in [0.05, 0.1) is 13.2 Å². The highest BCUT2D eigenvalue weighted by Crippen LogP contribution is 2.12. The number of amides is 1. The van der Waals surface area contributed by atoms with Crippen LogP contribution in [0.2, 0.25) is 0 Å². The second-order valence-electron chi connectivity index (χ2n) is 4.37. The van der Waals surface area contributed by atoms with Crippen LogP contribution in [-0.4, -0.2) is 36.2 Å². The van der Waals surface area contributed by atoms with Crippen molar-refractivity contribution >= 4 is 11.9 Å². The van der Waals surface area contributed by atoms with E-state index in [1.54, 1.807) is 31.4 Å². The minimum Gasteiger partial charge on any atom is -0.497 e. The summed E-state index contributed by atoms with van der Waals surface area (Å²) >= 11 is 0. The molecule has 0 radical (unpaired) electrons. The zero-order valence-corrected chi connectivity index (χ0v) is 11.8. The largest absolute Gasteiger partial charge is 0.497 e. The first-order chi connectivity index (χ1) is 9.43. The van der Waals surface area contributed by atoms with Crippen LogP contribution in [0, 0.1) is 0 Å². The minimum atomic E-state index is -1.06. The van der Waals surface area contributed by atoms with E-state index < -0.39 is 24.0 Å². The highest BCUT2D eigenvalue weighted by molar-refractivity contribution is 5.83. The molecular weight excluding hydrogens is 262 g/mol. The summed E-state index contributed by atoms with van der Waals surface area (Å²) in [4.78, 5) is 22.8. The van der Waals surface area contributed by atoms with Crippen LogP contribution < -0.4 is 10.1 Å². The maximum absolute atomic E-state index is 11.8. The number of hydrogen-bond donors (Lipinski definition) is 2. The molecule has 110 valence electrons. The quantitative estimate of drug-likeness (QED) is 0.747. The van der Waals surface area contributed by atoms with E-state index in [1.165, 1.54) is 13.8 Å². The van der Waals surface area contributed by atoms with Gasteiger partial charge in [-0.2, -0.15) is 0 Å². The molecule has 0 unspecified atom stereocenters. The van der Waals surface area contributed by atoms with Crippen LogP contribution in [0.1, 0.15) is 19.4 Å². The summed E-state index contributed by atoms with van der Waals surface area (Å²) < 4.78 is 10.1. The fraction of sp³-hybridized carbons (Fsp3) is 0.429. The minimum absolute atomic E-state index is 0.0611. The lowest BCUT2D eigenvalue weighted by Crippen LogP contribution is -2.47. The van der Waals surface area contributed by atoms with Gasteiger partial charge in [0.1, 0.15) is 12.4 Å². The molecule has 0 aliphatic carbocycles. The average Bonchev–Trinajstić information content (AvgIpc) is 2.42. The number of hydrogen-bond acceptors (Lipinski definition) is 5. The summed E-state index contributed by atoms with van der Waals surface area (Å²) in [5.41, 5.74) is 0.784. The van der Waals surface area contributed by atoms with Crippen molar-refractivity contribution in [2.75, 3.05) is 7.11 Å². The molecular formula is C14H19NO5. The molecule has 1 amide bonds. The van der Waals surface area contributed by atoms with E-state index in [1.807, 2.05) is 0 Å². The second kappa shape index (κ2) is 7.49. The zero-order valence-electron chi connectivity index (χ0n) is 11.8. The standard InChI is InChI=1S/C14H19NO5/c1-9(16)13(15-10(2)17)14(18)20-8-11-4-6-12(19-3)7-5-11/h4-7,9,13,16H,8H2,1-3H3,(H,15,17)/t9-,13+/m1/s1. The van der Waals surface area contributed by atoms with Crippen molar-refractivity contribution in [1.29, 1.82) is 0 Å². The lowest BCUT2D eigenvalue weighted by molar-refractivity contribution is -0.152. The van der Waals surface area contributed by atoms with Gasteiger partial charge >= 0.3 is 5.97 Å². The first kappa shape index (κ1) is 16.0. The fourth-order valence-corrected chi connectivity index (χ4v) is 1.56. The van der Waals surface area contributed by atoms with Crippen LogP contribution in [0.25, 0.3) is 0 Å². The Morgan fingerprint density at radius 1 is 1.30 bits per heavy atom. The van der Waals surface area contributed by atoms with E-state index in [0.717, 1.165) is 5.56 Å². The van der Waals surface area contributed by atoms with Gasteiger partial charge in [0.25, 0.3) is 0 Å². The van der Waals surface area contributed by atoms with Gasteiger partial charge in [-0.15, -0.1) is 0 Å². The van der Waals surface area contributed by atoms with Crippen LogP contribution in [0.3, 0.4) is 0 Å². The summed E-state index contributed by atoms with van der Waals surface area (Å²) in [6.07, 6.45) is -1.03. The molecule has 0 spiro atoms. The lowest BCUT2D eigenvalue weighted by Gasteiger charge is -2.19. The van der Waals surface area contributed by atoms with Crippen molar-refractivity contribution in [1.82, 2.24) is 5.32 Å². The van der Waals surface area contributed by atoms with E-state index >= 15 is 0 Å². The van der Waals surface area contributed by atoms with Gasteiger partial charge in [0.2, 0.25) is 5.91 Å². The van der Waals surface area contributed by atoms with E-state index in [2.05, 4.69) is 5.32 Å². The molecule has 0 aliphatic heterocycles. The predicted octanol–water partition coefficient (Wildman–Crippen LogP) is 0.624. The molecule has 0 fully saturated rings. The van der Waals surface area contributed by atoms with Gasteiger partial charge in [-0.25, -0.2) is 4.79 Å². The molecule has 20 heavy (non-hydrogen) atoms. The van der Waals surface area contributed by atoms with Gasteiger partial charge in [0.15, 0.2) is 6.04 Å². The Balaban J connectivity index is 2.57. The Morgan fingerprint density at radius 3 is 2.35 bits per heavy atom. The fourth-order valence-electron chi connectivity index (χ4n) is 1.56. The molecule has 6 nitrogen and oxygen atoms in total. The number of nitrogens with one attached hydrogen (secondary N) is 1. The van der Waals surface area contributed by atoms with Crippen LogP contribution in [0.5, 0.6) is 5.75 Å². The van der Waals surface area contributed by atoms with Crippen molar-refractivity contribution in [3.63, 3.8) is 0 Å². The Bertz CT molecular complexity index is 455. The molecule has 0 aromatic heterocycles. The van der Waals surface area contributed by atoms with Gasteiger partial charge in [0, 0.05) is 6.92 Å². The van der Waals surface area contributed by atoms with E-state index in [0.29, 0.717) is 5.75 Å². The third-order valence-corrected chi connectivity index (χ3v) is 2.64. The normalized spacial score (nSPS) is 13.2. The molecule has 1 rings (SSSR count). The van der Waals surface area contributed by atoms with E-state index in [9.17, 15) is 14.7 Å². The first-order valence-corrected chi connectivity index (χ1v) is 6.18. The maximum atomic E-state index is 11.8. The van der Waals surface area contributed by atoms with Crippen LogP contribution in [0.15, 0.2) is 24.3 Å². The van der Waals surface area contributed by atoms with Gasteiger partial charge < -0.3 is 19.9 Å². The Labute approximate surface area is 117 Å². The molecule has 6 heteroatoms. The lowest BCUT2D eigenvalue weighted by atomic mass is 10.2. The molecule has 2 N–H and O–H groups in total. The smallest absolute Gasteiger partial charge is 0.331 e. The van der Waals surface area contributed by atoms with Crippen molar-refractivity contribution in [2.45, 2.75) is 32.6 Å². The Kier molecular flexibility index (Phi) is 5.99. The van der Waals surface area contributed by atoms with Crippen molar-refractivity contribution in [3.05, 3.63) is 29.8 Å². The number of aliphatic hydroxyl groups excluding tert-OH is 1. The Hall–Kier alpha value is -2.08. The van der Waals surface area contributed by atoms with Crippen molar-refractivity contribution in [3.8, 4) is 5.75 Å². The number of benzene rings is 1. The number of esters is 1. The molecule has 2 atom stereocenters. The summed E-state index contributed by atoms with van der Waals surface area (Å²) in [6, 6.07) is 5.97. The van der Waals surface area contributed by atoms with Gasteiger partial charge in [-0.05, 0) is 24.6 Å². The molecule has 0 saturated heterocycles. The number of carbonyl (C=O) groups is 2. The Morgan fingerprint density at radius 2 is 1.90 bits per heavy atom. The third-order valence-electron chi connectivity index (χ3n) is 2.64. The molecule has 0 saturated carbocycles. The third kappa shape index (κ3) is 4.89. The van der Waals surface area contributed by atoms with Crippen LogP contribution >= 0.6 is 0 Å². The summed E-state index contributed by atoms with van der Waals surface area (Å²) in [5, 5.41) is 11.8. The monoisotopic (exact) mass is 281 g/mol. The maximum Gasteiger partial charge on any atom is 0.331 e. The van der Waals surface area contributed by atoms with E-state index in [4.69, 9.17) is 9.47 Å². The van der Waals surface area contributed by atoms with E-state index in [-0.39, 0.29) is 6.61 Å². The molecule has 1 aromatic carbocycles. The van der Waals surface area contributed by atoms with Gasteiger partial charge in [-0.1, -0.05) is 12.1 Å². The SMILES string of the molecule is COc1ccc(COC(=O)[C@@H](NC(C)=O)[C@@H](C)O)cc1. The highest BCUT2D eigenvalue weighted by Gasteiger charge is 2.25. The topological polar surface area (TPSA) is 84.9 Å². The first-order valence-electron chi connectivity index (χ1n) is 6.18. The highest BCUT2D eigenvalue weighted by atomic mass is 16.5. The van der Waals surface area contributed by atoms with Crippen LogP contribution in [-0.2, 0) is 20.9 Å². The zero-order chi connectivity index (χ0) is 15.1. The number of carbonyl (C=O) groups excluding carboxylic acids is 2. The number of methoxy groups -OCH3 is 1. The summed E-state index contributed by atoms with van der Waals surface area (Å²) in [5.74, 6) is -0.372. The number of ether oxygens (including phenoxy) is 2. The number of aliphatic hydroxyl groups is 1. The van der Waals surface area contributed by atoms with Gasteiger partial charge in [-0.3, -0.25) is 4.79 Å². The molecule has 0 bridgehead atoms. The molecule has 0 heterocycles. The second-order valence-corrected chi connectivity index (χ2v) is 4.37. The predicted molar refractivity (Wildman–Crippen MR) is 72.1 cm³/mol. The van der Waals surface area contributed by atoms with Crippen molar-refractivity contribution < 1.29 is 24.2 Å². The van der Waals surface area contributed by atoms with Crippen LogP contribution in [0.4, 0.5) is 0 Å². The number of rotatable bonds is 6. The average molecular weight is 281 g/mol. The molecule has 0 aliphatic rings. The summed E-state index contributed by atoms with van der Waals surface area (Å²) in [6.45, 7) is 2.74. The summed E-state index contributed by atoms with van der Waals surface area (Å²) in [7, 11) is 1.57. The van der Waals surface area contributed by atoms with Crippen molar-refractivity contribution in [2.24, 2.45) is 0 Å².